The van der Waals surface area contributed by atoms with Gasteiger partial charge in [0, 0.05) is 23.2 Å². The smallest absolute Gasteiger partial charge is 0.123 e. The Labute approximate surface area is 100 Å². The maximum absolute atomic E-state index is 4.47. The molecule has 16 heavy (non-hydrogen) atoms. The van der Waals surface area contributed by atoms with Gasteiger partial charge in [-0.15, -0.1) is 11.3 Å². The van der Waals surface area contributed by atoms with E-state index >= 15 is 0 Å². The third kappa shape index (κ3) is 2.31. The second kappa shape index (κ2) is 4.76. The summed E-state index contributed by atoms with van der Waals surface area (Å²) in [5.74, 6) is 0. The zero-order valence-corrected chi connectivity index (χ0v) is 10.7. The number of thiazole rings is 1. The van der Waals surface area contributed by atoms with Crippen LogP contribution >= 0.6 is 11.3 Å². The Morgan fingerprint density at radius 1 is 1.31 bits per heavy atom. The van der Waals surface area contributed by atoms with Gasteiger partial charge < -0.3 is 5.32 Å². The van der Waals surface area contributed by atoms with Crippen molar-refractivity contribution in [1.82, 2.24) is 10.3 Å². The first kappa shape index (κ1) is 11.3. The molecule has 2 nitrogen and oxygen atoms in total. The van der Waals surface area contributed by atoms with Gasteiger partial charge in [-0.05, 0) is 26.5 Å². The second-order valence-electron chi connectivity index (χ2n) is 3.98. The van der Waals surface area contributed by atoms with E-state index in [-0.39, 0.29) is 0 Å². The lowest BCUT2D eigenvalue weighted by molar-refractivity contribution is 0.829. The lowest BCUT2D eigenvalue weighted by Crippen LogP contribution is -2.02. The summed E-state index contributed by atoms with van der Waals surface area (Å²) in [5, 5.41) is 4.26. The molecule has 0 fully saturated rings. The number of hydrogen-bond acceptors (Lipinski definition) is 3. The van der Waals surface area contributed by atoms with E-state index in [1.807, 2.05) is 13.2 Å². The summed E-state index contributed by atoms with van der Waals surface area (Å²) in [6.45, 7) is 5.15. The van der Waals surface area contributed by atoms with Gasteiger partial charge >= 0.3 is 0 Å². The minimum absolute atomic E-state index is 0.891. The van der Waals surface area contributed by atoms with Gasteiger partial charge in [0.25, 0.3) is 0 Å². The highest BCUT2D eigenvalue weighted by molar-refractivity contribution is 7.15. The fourth-order valence-electron chi connectivity index (χ4n) is 1.74. The van der Waals surface area contributed by atoms with Crippen LogP contribution in [-0.2, 0) is 6.54 Å². The summed E-state index contributed by atoms with van der Waals surface area (Å²) in [6, 6.07) is 6.50. The van der Waals surface area contributed by atoms with Crippen molar-refractivity contribution in [3.8, 4) is 10.6 Å². The molecular formula is C13H16N2S. The van der Waals surface area contributed by atoms with E-state index in [4.69, 9.17) is 0 Å². The largest absolute Gasteiger partial charge is 0.315 e. The highest BCUT2D eigenvalue weighted by Crippen LogP contribution is 2.28. The molecule has 3 heteroatoms. The number of rotatable bonds is 3. The SMILES string of the molecule is CNCc1cnc(-c2ccc(C)cc2C)s1. The average molecular weight is 232 g/mol. The predicted octanol–water partition coefficient (Wildman–Crippen LogP) is 3.15. The minimum Gasteiger partial charge on any atom is -0.315 e. The van der Waals surface area contributed by atoms with Crippen LogP contribution in [0.15, 0.2) is 24.4 Å². The Morgan fingerprint density at radius 3 is 2.81 bits per heavy atom. The molecule has 0 aliphatic carbocycles. The Kier molecular flexibility index (Phi) is 3.36. The van der Waals surface area contributed by atoms with Gasteiger partial charge in [0.05, 0.1) is 0 Å². The van der Waals surface area contributed by atoms with E-state index in [2.05, 4.69) is 42.3 Å². The topological polar surface area (TPSA) is 24.9 Å². The molecule has 0 aliphatic rings. The first-order valence-electron chi connectivity index (χ1n) is 5.37. The van der Waals surface area contributed by atoms with Gasteiger partial charge in [-0.25, -0.2) is 4.98 Å². The molecule has 1 heterocycles. The van der Waals surface area contributed by atoms with E-state index in [0.717, 1.165) is 11.6 Å². The van der Waals surface area contributed by atoms with Crippen molar-refractivity contribution in [2.24, 2.45) is 0 Å². The Balaban J connectivity index is 2.35. The van der Waals surface area contributed by atoms with Crippen LogP contribution in [0.2, 0.25) is 0 Å². The molecule has 2 aromatic rings. The van der Waals surface area contributed by atoms with Gasteiger partial charge in [0.1, 0.15) is 5.01 Å². The molecule has 1 aromatic carbocycles. The summed E-state index contributed by atoms with van der Waals surface area (Å²) in [6.07, 6.45) is 1.95. The van der Waals surface area contributed by atoms with Gasteiger partial charge in [-0.3, -0.25) is 0 Å². The number of aromatic nitrogens is 1. The molecule has 0 atom stereocenters. The molecule has 84 valence electrons. The van der Waals surface area contributed by atoms with Crippen LogP contribution in [0.3, 0.4) is 0 Å². The second-order valence-corrected chi connectivity index (χ2v) is 5.10. The molecule has 0 amide bonds. The molecule has 0 radical (unpaired) electrons. The van der Waals surface area contributed by atoms with Crippen LogP contribution in [-0.4, -0.2) is 12.0 Å². The van der Waals surface area contributed by atoms with Crippen LogP contribution in [0, 0.1) is 13.8 Å². The van der Waals surface area contributed by atoms with E-state index < -0.39 is 0 Å². The highest BCUT2D eigenvalue weighted by atomic mass is 32.1. The Morgan fingerprint density at radius 2 is 2.12 bits per heavy atom. The predicted molar refractivity (Wildman–Crippen MR) is 69.8 cm³/mol. The van der Waals surface area contributed by atoms with Crippen LogP contribution in [0.4, 0.5) is 0 Å². The Bertz CT molecular complexity index is 488. The monoisotopic (exact) mass is 232 g/mol. The van der Waals surface area contributed by atoms with Gasteiger partial charge in [0.15, 0.2) is 0 Å². The molecule has 0 unspecified atom stereocenters. The number of benzene rings is 1. The van der Waals surface area contributed by atoms with Crippen LogP contribution < -0.4 is 5.32 Å². The molecule has 0 saturated carbocycles. The van der Waals surface area contributed by atoms with Gasteiger partial charge in [0.2, 0.25) is 0 Å². The lowest BCUT2D eigenvalue weighted by atomic mass is 10.1. The van der Waals surface area contributed by atoms with E-state index in [1.54, 1.807) is 11.3 Å². The molecule has 1 N–H and O–H groups in total. The standard InChI is InChI=1S/C13H16N2S/c1-9-4-5-12(10(2)6-9)13-15-8-11(16-13)7-14-3/h4-6,8,14H,7H2,1-3H3. The van der Waals surface area contributed by atoms with Crippen molar-refractivity contribution in [2.45, 2.75) is 20.4 Å². The number of aryl methyl sites for hydroxylation is 2. The van der Waals surface area contributed by atoms with Gasteiger partial charge in [-0.2, -0.15) is 0 Å². The molecule has 2 rings (SSSR count). The van der Waals surface area contributed by atoms with E-state index in [1.165, 1.54) is 21.6 Å². The summed E-state index contributed by atoms with van der Waals surface area (Å²) in [7, 11) is 1.95. The number of hydrogen-bond donors (Lipinski definition) is 1. The lowest BCUT2D eigenvalue weighted by Gasteiger charge is -2.02. The van der Waals surface area contributed by atoms with Gasteiger partial charge in [-0.1, -0.05) is 23.8 Å². The Hall–Kier alpha value is -1.19. The van der Waals surface area contributed by atoms with Crippen molar-refractivity contribution in [1.29, 1.82) is 0 Å². The molecule has 0 spiro atoms. The molecular weight excluding hydrogens is 216 g/mol. The third-order valence-corrected chi connectivity index (χ3v) is 3.55. The zero-order valence-electron chi connectivity index (χ0n) is 9.87. The maximum Gasteiger partial charge on any atom is 0.123 e. The normalized spacial score (nSPS) is 10.7. The van der Waals surface area contributed by atoms with E-state index in [9.17, 15) is 0 Å². The van der Waals surface area contributed by atoms with Crippen LogP contribution in [0.25, 0.3) is 10.6 Å². The van der Waals surface area contributed by atoms with Crippen LogP contribution in [0.5, 0.6) is 0 Å². The molecule has 0 saturated heterocycles. The summed E-state index contributed by atoms with van der Waals surface area (Å²) in [4.78, 5) is 5.75. The number of nitrogens with zero attached hydrogens (tertiary/aromatic N) is 1. The number of nitrogens with one attached hydrogen (secondary N) is 1. The molecule has 1 aromatic heterocycles. The fraction of sp³-hybridized carbons (Fsp3) is 0.308. The van der Waals surface area contributed by atoms with Crippen molar-refractivity contribution < 1.29 is 0 Å². The first-order valence-corrected chi connectivity index (χ1v) is 6.19. The molecule has 0 bridgehead atoms. The maximum atomic E-state index is 4.47. The van der Waals surface area contributed by atoms with Crippen molar-refractivity contribution in [3.05, 3.63) is 40.4 Å². The van der Waals surface area contributed by atoms with Crippen molar-refractivity contribution in [2.75, 3.05) is 7.05 Å². The summed E-state index contributed by atoms with van der Waals surface area (Å²) in [5.41, 5.74) is 3.84. The van der Waals surface area contributed by atoms with E-state index in [0.29, 0.717) is 0 Å². The average Bonchev–Trinajstić information content (AvgIpc) is 2.67. The summed E-state index contributed by atoms with van der Waals surface area (Å²) < 4.78 is 0. The van der Waals surface area contributed by atoms with Crippen molar-refractivity contribution >= 4 is 11.3 Å². The third-order valence-electron chi connectivity index (χ3n) is 2.52. The minimum atomic E-state index is 0.891. The van der Waals surface area contributed by atoms with Crippen molar-refractivity contribution in [3.63, 3.8) is 0 Å². The fourth-order valence-corrected chi connectivity index (χ4v) is 2.76. The van der Waals surface area contributed by atoms with Crippen LogP contribution in [0.1, 0.15) is 16.0 Å². The zero-order chi connectivity index (χ0) is 11.5. The molecule has 0 aliphatic heterocycles. The highest BCUT2D eigenvalue weighted by Gasteiger charge is 2.06. The first-order chi connectivity index (χ1) is 7.70. The summed E-state index contributed by atoms with van der Waals surface area (Å²) >= 11 is 1.76. The quantitative estimate of drug-likeness (QED) is 0.879.